The predicted octanol–water partition coefficient (Wildman–Crippen LogP) is 2.30. The lowest BCUT2D eigenvalue weighted by atomic mass is 9.99. The minimum atomic E-state index is -0.706. The zero-order valence-corrected chi connectivity index (χ0v) is 9.82. The SMILES string of the molecule is Cc1cnc(N)c(C(N)c2cc(F)cc(F)c2)c1. The van der Waals surface area contributed by atoms with Gasteiger partial charge in [0.25, 0.3) is 0 Å². The molecule has 3 nitrogen and oxygen atoms in total. The van der Waals surface area contributed by atoms with E-state index in [1.165, 1.54) is 12.1 Å². The molecule has 0 aliphatic rings. The molecule has 0 saturated carbocycles. The van der Waals surface area contributed by atoms with E-state index in [2.05, 4.69) is 4.98 Å². The van der Waals surface area contributed by atoms with E-state index in [4.69, 9.17) is 11.5 Å². The van der Waals surface area contributed by atoms with Gasteiger partial charge >= 0.3 is 0 Å². The first-order valence-corrected chi connectivity index (χ1v) is 5.41. The predicted molar refractivity (Wildman–Crippen MR) is 65.8 cm³/mol. The monoisotopic (exact) mass is 249 g/mol. The number of anilines is 1. The summed E-state index contributed by atoms with van der Waals surface area (Å²) in [6.07, 6.45) is 1.61. The first-order valence-electron chi connectivity index (χ1n) is 5.41. The van der Waals surface area contributed by atoms with Gasteiger partial charge in [-0.15, -0.1) is 0 Å². The molecule has 2 aromatic rings. The van der Waals surface area contributed by atoms with Crippen molar-refractivity contribution in [2.45, 2.75) is 13.0 Å². The highest BCUT2D eigenvalue weighted by Gasteiger charge is 2.15. The van der Waals surface area contributed by atoms with Crippen molar-refractivity contribution in [3.05, 3.63) is 58.8 Å². The fraction of sp³-hybridized carbons (Fsp3) is 0.154. The van der Waals surface area contributed by atoms with Crippen LogP contribution in [0.5, 0.6) is 0 Å². The number of aryl methyl sites for hydroxylation is 1. The maximum atomic E-state index is 13.1. The quantitative estimate of drug-likeness (QED) is 0.858. The molecule has 0 saturated heterocycles. The summed E-state index contributed by atoms with van der Waals surface area (Å²) in [5.74, 6) is -1.07. The molecule has 1 aromatic carbocycles. The normalized spacial score (nSPS) is 12.4. The van der Waals surface area contributed by atoms with Crippen molar-refractivity contribution in [1.82, 2.24) is 4.98 Å². The van der Waals surface area contributed by atoms with Crippen LogP contribution in [0.25, 0.3) is 0 Å². The summed E-state index contributed by atoms with van der Waals surface area (Å²) in [5, 5.41) is 0. The van der Waals surface area contributed by atoms with E-state index in [0.717, 1.165) is 11.6 Å². The molecule has 0 amide bonds. The van der Waals surface area contributed by atoms with Crippen molar-refractivity contribution >= 4 is 5.82 Å². The Kier molecular flexibility index (Phi) is 3.25. The number of halogens is 2. The van der Waals surface area contributed by atoms with Crippen LogP contribution in [0.2, 0.25) is 0 Å². The van der Waals surface area contributed by atoms with Gasteiger partial charge in [0, 0.05) is 17.8 Å². The lowest BCUT2D eigenvalue weighted by Crippen LogP contribution is -2.15. The molecule has 94 valence electrons. The van der Waals surface area contributed by atoms with Crippen molar-refractivity contribution in [2.75, 3.05) is 5.73 Å². The Bertz CT molecular complexity index is 564. The second kappa shape index (κ2) is 4.70. The number of rotatable bonds is 2. The van der Waals surface area contributed by atoms with Crippen LogP contribution in [0.15, 0.2) is 30.5 Å². The van der Waals surface area contributed by atoms with E-state index in [1.54, 1.807) is 12.3 Å². The van der Waals surface area contributed by atoms with Gasteiger partial charge in [0.05, 0.1) is 6.04 Å². The maximum Gasteiger partial charge on any atom is 0.128 e. The van der Waals surface area contributed by atoms with Gasteiger partial charge in [0.1, 0.15) is 17.5 Å². The molecule has 0 spiro atoms. The van der Waals surface area contributed by atoms with Crippen LogP contribution in [0.1, 0.15) is 22.7 Å². The highest BCUT2D eigenvalue weighted by Crippen LogP contribution is 2.25. The molecule has 1 atom stereocenters. The molecule has 0 radical (unpaired) electrons. The van der Waals surface area contributed by atoms with E-state index in [-0.39, 0.29) is 5.82 Å². The van der Waals surface area contributed by atoms with Crippen LogP contribution in [0.3, 0.4) is 0 Å². The van der Waals surface area contributed by atoms with Crippen LogP contribution in [0, 0.1) is 18.6 Å². The number of hydrogen-bond donors (Lipinski definition) is 2. The second-order valence-electron chi connectivity index (χ2n) is 4.17. The van der Waals surface area contributed by atoms with Crippen LogP contribution in [0.4, 0.5) is 14.6 Å². The van der Waals surface area contributed by atoms with Crippen LogP contribution < -0.4 is 11.5 Å². The molecule has 0 fully saturated rings. The molecule has 1 heterocycles. The van der Waals surface area contributed by atoms with Gasteiger partial charge < -0.3 is 11.5 Å². The standard InChI is InChI=1S/C13H13F2N3/c1-7-2-11(13(17)18-6-7)12(16)8-3-9(14)5-10(15)4-8/h2-6,12H,16H2,1H3,(H2,17,18). The zero-order chi connectivity index (χ0) is 13.3. The van der Waals surface area contributed by atoms with Crippen LogP contribution >= 0.6 is 0 Å². The first kappa shape index (κ1) is 12.4. The smallest absolute Gasteiger partial charge is 0.128 e. The van der Waals surface area contributed by atoms with Crippen molar-refractivity contribution in [2.24, 2.45) is 5.73 Å². The maximum absolute atomic E-state index is 13.1. The van der Waals surface area contributed by atoms with Gasteiger partial charge in [-0.3, -0.25) is 0 Å². The number of nitrogens with zero attached hydrogens (tertiary/aromatic N) is 1. The molecule has 0 aliphatic carbocycles. The minimum Gasteiger partial charge on any atom is -0.383 e. The van der Waals surface area contributed by atoms with Crippen molar-refractivity contribution < 1.29 is 8.78 Å². The summed E-state index contributed by atoms with van der Waals surface area (Å²) in [6, 6.07) is 4.23. The molecule has 2 rings (SSSR count). The van der Waals surface area contributed by atoms with Gasteiger partial charge in [-0.2, -0.15) is 0 Å². The Balaban J connectivity index is 2.47. The van der Waals surface area contributed by atoms with Gasteiger partial charge in [0.15, 0.2) is 0 Å². The zero-order valence-electron chi connectivity index (χ0n) is 9.82. The molecular formula is C13H13F2N3. The molecule has 0 bridgehead atoms. The summed E-state index contributed by atoms with van der Waals surface area (Å²) in [4.78, 5) is 3.98. The van der Waals surface area contributed by atoms with E-state index in [0.29, 0.717) is 11.1 Å². The first-order chi connectivity index (χ1) is 8.47. The number of aromatic nitrogens is 1. The molecule has 5 heteroatoms. The molecule has 18 heavy (non-hydrogen) atoms. The molecule has 1 aromatic heterocycles. The number of pyridine rings is 1. The second-order valence-corrected chi connectivity index (χ2v) is 4.17. The fourth-order valence-corrected chi connectivity index (χ4v) is 1.79. The number of nitrogens with two attached hydrogens (primary N) is 2. The van der Waals surface area contributed by atoms with Gasteiger partial charge in [-0.25, -0.2) is 13.8 Å². The third-order valence-corrected chi connectivity index (χ3v) is 2.67. The highest BCUT2D eigenvalue weighted by molar-refractivity contribution is 5.46. The highest BCUT2D eigenvalue weighted by atomic mass is 19.1. The summed E-state index contributed by atoms with van der Waals surface area (Å²) in [6.45, 7) is 1.84. The van der Waals surface area contributed by atoms with Crippen LogP contribution in [-0.4, -0.2) is 4.98 Å². The molecule has 0 aliphatic heterocycles. The summed E-state index contributed by atoms with van der Waals surface area (Å²) in [7, 11) is 0. The topological polar surface area (TPSA) is 64.9 Å². The molecule has 4 N–H and O–H groups in total. The lowest BCUT2D eigenvalue weighted by molar-refractivity contribution is 0.577. The van der Waals surface area contributed by atoms with Crippen molar-refractivity contribution in [3.63, 3.8) is 0 Å². The average molecular weight is 249 g/mol. The number of nitrogen functional groups attached to an aromatic ring is 1. The van der Waals surface area contributed by atoms with Gasteiger partial charge in [0.2, 0.25) is 0 Å². The Morgan fingerprint density at radius 2 is 1.72 bits per heavy atom. The van der Waals surface area contributed by atoms with Crippen molar-refractivity contribution in [1.29, 1.82) is 0 Å². The molecule has 1 unspecified atom stereocenters. The summed E-state index contributed by atoms with van der Waals surface area (Å²) < 4.78 is 26.3. The third kappa shape index (κ3) is 2.46. The van der Waals surface area contributed by atoms with E-state index in [9.17, 15) is 8.78 Å². The van der Waals surface area contributed by atoms with Gasteiger partial charge in [-0.05, 0) is 36.2 Å². The number of hydrogen-bond acceptors (Lipinski definition) is 3. The summed E-state index contributed by atoms with van der Waals surface area (Å²) in [5.41, 5.74) is 13.5. The average Bonchev–Trinajstić information content (AvgIpc) is 2.30. The lowest BCUT2D eigenvalue weighted by Gasteiger charge is -2.15. The van der Waals surface area contributed by atoms with Gasteiger partial charge in [-0.1, -0.05) is 0 Å². The Hall–Kier alpha value is -2.01. The third-order valence-electron chi connectivity index (χ3n) is 2.67. The van der Waals surface area contributed by atoms with E-state index < -0.39 is 17.7 Å². The Morgan fingerprint density at radius 1 is 1.11 bits per heavy atom. The molecular weight excluding hydrogens is 236 g/mol. The Labute approximate surface area is 103 Å². The van der Waals surface area contributed by atoms with E-state index >= 15 is 0 Å². The fourth-order valence-electron chi connectivity index (χ4n) is 1.79. The van der Waals surface area contributed by atoms with Crippen molar-refractivity contribution in [3.8, 4) is 0 Å². The summed E-state index contributed by atoms with van der Waals surface area (Å²) >= 11 is 0. The van der Waals surface area contributed by atoms with Crippen LogP contribution in [-0.2, 0) is 0 Å². The van der Waals surface area contributed by atoms with E-state index in [1.807, 2.05) is 6.92 Å². The Morgan fingerprint density at radius 3 is 2.33 bits per heavy atom. The minimum absolute atomic E-state index is 0.262. The number of benzene rings is 1. The largest absolute Gasteiger partial charge is 0.383 e.